The molecular weight excluding hydrogens is 689 g/mol. The predicted molar refractivity (Wildman–Crippen MR) is 258 cm³/mol. The molecule has 0 saturated carbocycles. The summed E-state index contributed by atoms with van der Waals surface area (Å²) < 4.78 is 2.67. The van der Waals surface area contributed by atoms with E-state index in [0.29, 0.717) is 12.0 Å². The van der Waals surface area contributed by atoms with E-state index in [1.54, 1.807) is 5.82 Å². The van der Waals surface area contributed by atoms with Gasteiger partial charge in [-0.05, 0) is 32.6 Å². The molecule has 2 heteroatoms. The Bertz CT molecular complexity index is 874. The van der Waals surface area contributed by atoms with E-state index >= 15 is 0 Å². The van der Waals surface area contributed by atoms with Crippen LogP contribution in [-0.4, -0.2) is 4.98 Å². The van der Waals surface area contributed by atoms with Crippen LogP contribution in [0.25, 0.3) is 0 Å². The van der Waals surface area contributed by atoms with E-state index in [4.69, 9.17) is 0 Å². The molecule has 2 unspecified atom stereocenters. The smallest absolute Gasteiger partial charge is 0.247 e. The maximum atomic E-state index is 3.80. The van der Waals surface area contributed by atoms with Crippen molar-refractivity contribution in [2.45, 2.75) is 335 Å². The Morgan fingerprint density at radius 2 is 0.561 bits per heavy atom. The summed E-state index contributed by atoms with van der Waals surface area (Å²) in [6.07, 6.45) is 71.0. The Morgan fingerprint density at radius 1 is 0.333 bits per heavy atom. The van der Waals surface area contributed by atoms with Crippen LogP contribution in [0.5, 0.6) is 0 Å². The maximum Gasteiger partial charge on any atom is 0.257 e. The first-order valence-corrected chi connectivity index (χ1v) is 27.3. The lowest BCUT2D eigenvalue weighted by Crippen LogP contribution is -2.41. The van der Waals surface area contributed by atoms with Crippen LogP contribution in [0, 0.1) is 0 Å². The van der Waals surface area contributed by atoms with E-state index in [-0.39, 0.29) is 0 Å². The second-order valence-corrected chi connectivity index (χ2v) is 19.3. The molecule has 2 nitrogen and oxygen atoms in total. The molecule has 1 aromatic rings. The van der Waals surface area contributed by atoms with E-state index in [2.05, 4.69) is 49.6 Å². The van der Waals surface area contributed by atoms with Gasteiger partial charge in [-0.2, -0.15) is 0 Å². The fourth-order valence-corrected chi connectivity index (χ4v) is 9.61. The number of hydrogen-bond donors (Lipinski definition) is 1. The molecule has 0 bridgehead atoms. The number of nitrogens with one attached hydrogen (secondary N) is 1. The molecule has 0 aliphatic rings. The minimum atomic E-state index is 0.614. The molecule has 0 spiro atoms. The summed E-state index contributed by atoms with van der Waals surface area (Å²) in [7, 11) is 0. The molecule has 1 heterocycles. The van der Waals surface area contributed by atoms with Crippen LogP contribution < -0.4 is 4.57 Å². The van der Waals surface area contributed by atoms with Gasteiger partial charge in [0.05, 0.1) is 12.0 Å². The summed E-state index contributed by atoms with van der Waals surface area (Å²) in [5, 5.41) is 0. The second-order valence-electron chi connectivity index (χ2n) is 19.3. The third-order valence-electron chi connectivity index (χ3n) is 13.6. The largest absolute Gasteiger partial charge is 0.257 e. The summed E-state index contributed by atoms with van der Waals surface area (Å²) in [5.74, 6) is 2.26. The summed E-state index contributed by atoms with van der Waals surface area (Å²) in [6, 6.07) is 0.614. The van der Waals surface area contributed by atoms with Crippen molar-refractivity contribution < 1.29 is 4.57 Å². The third-order valence-corrected chi connectivity index (χ3v) is 13.6. The molecule has 0 aliphatic heterocycles. The van der Waals surface area contributed by atoms with Crippen molar-refractivity contribution in [3.8, 4) is 0 Å². The number of rotatable bonds is 48. The molecular formula is C55H109N2+. The van der Waals surface area contributed by atoms with Crippen molar-refractivity contribution in [1.82, 2.24) is 4.98 Å². The third kappa shape index (κ3) is 35.7. The first-order chi connectivity index (χ1) is 28.2. The number of nitrogens with zero attached hydrogens (tertiary/aromatic N) is 1. The zero-order valence-corrected chi connectivity index (χ0v) is 40.3. The van der Waals surface area contributed by atoms with E-state index in [1.165, 1.54) is 295 Å². The molecule has 0 fully saturated rings. The Balaban J connectivity index is 2.32. The van der Waals surface area contributed by atoms with Crippen molar-refractivity contribution in [2.24, 2.45) is 0 Å². The number of H-pyrrole nitrogens is 1. The molecule has 2 atom stereocenters. The highest BCUT2D eigenvalue weighted by Gasteiger charge is 2.25. The Morgan fingerprint density at radius 3 is 0.825 bits per heavy atom. The first kappa shape index (κ1) is 54.2. The first-order valence-electron chi connectivity index (χ1n) is 27.3. The van der Waals surface area contributed by atoms with Crippen molar-refractivity contribution >= 4 is 0 Å². The summed E-state index contributed by atoms with van der Waals surface area (Å²) in [4.78, 5) is 3.80. The van der Waals surface area contributed by atoms with Crippen LogP contribution in [0.15, 0.2) is 12.4 Å². The van der Waals surface area contributed by atoms with Crippen LogP contribution in [0.2, 0.25) is 0 Å². The van der Waals surface area contributed by atoms with Crippen LogP contribution in [0.4, 0.5) is 0 Å². The predicted octanol–water partition coefficient (Wildman–Crippen LogP) is 20.0. The number of imidazole rings is 1. The second kappa shape index (κ2) is 44.8. The topological polar surface area (TPSA) is 19.7 Å². The minimum Gasteiger partial charge on any atom is -0.247 e. The van der Waals surface area contributed by atoms with Crippen LogP contribution in [0.1, 0.15) is 341 Å². The van der Waals surface area contributed by atoms with Crippen molar-refractivity contribution in [1.29, 1.82) is 0 Å². The quantitative estimate of drug-likeness (QED) is 0.0501. The Kier molecular flexibility index (Phi) is 42.6. The lowest BCUT2D eigenvalue weighted by molar-refractivity contribution is -0.727. The maximum absolute atomic E-state index is 3.80. The van der Waals surface area contributed by atoms with Gasteiger partial charge in [-0.25, -0.2) is 9.55 Å². The highest BCUT2D eigenvalue weighted by atomic mass is 15.1. The molecule has 0 amide bonds. The average molecular weight is 798 g/mol. The van der Waals surface area contributed by atoms with Crippen LogP contribution in [0.3, 0.4) is 0 Å². The number of aromatic nitrogens is 2. The van der Waals surface area contributed by atoms with Crippen molar-refractivity contribution in [3.05, 3.63) is 18.2 Å². The lowest BCUT2D eigenvalue weighted by Gasteiger charge is -2.17. The zero-order valence-electron chi connectivity index (χ0n) is 40.3. The molecule has 0 aliphatic carbocycles. The van der Waals surface area contributed by atoms with Gasteiger partial charge < -0.3 is 0 Å². The number of aromatic amines is 1. The van der Waals surface area contributed by atoms with Crippen molar-refractivity contribution in [2.75, 3.05) is 0 Å². The van der Waals surface area contributed by atoms with Gasteiger partial charge in [-0.1, -0.05) is 290 Å². The molecule has 338 valence electrons. The average Bonchev–Trinajstić information content (AvgIpc) is 3.72. The van der Waals surface area contributed by atoms with Crippen molar-refractivity contribution in [3.63, 3.8) is 0 Å². The monoisotopic (exact) mass is 798 g/mol. The van der Waals surface area contributed by atoms with Crippen LogP contribution in [-0.2, 0) is 0 Å². The zero-order chi connectivity index (χ0) is 41.0. The van der Waals surface area contributed by atoms with Gasteiger partial charge in [0.2, 0.25) is 0 Å². The molecule has 57 heavy (non-hydrogen) atoms. The summed E-state index contributed by atoms with van der Waals surface area (Å²) >= 11 is 0. The molecule has 1 aromatic heterocycles. The Labute approximate surface area is 361 Å². The standard InChI is InChI=1S/C55H108N2/c1-5-8-11-14-17-20-23-25-27-28-30-32-35-38-41-44-47-50-54(49-46-43-40-37-33-22-19-16-13-10-7-3)55-56-51-52-57(55)53(4)48-45-42-39-36-34-31-29-26-24-21-18-15-12-9-6-2/h51-54H,5-50H2,1-4H3/p+1. The number of unbranched alkanes of at least 4 members (excludes halogenated alkanes) is 40. The highest BCUT2D eigenvalue weighted by Crippen LogP contribution is 2.28. The van der Waals surface area contributed by atoms with Gasteiger partial charge in [0.1, 0.15) is 12.4 Å². The molecule has 0 aromatic carbocycles. The van der Waals surface area contributed by atoms with E-state index in [0.717, 1.165) is 0 Å². The van der Waals surface area contributed by atoms with Gasteiger partial charge in [0, 0.05) is 0 Å². The molecule has 0 radical (unpaired) electrons. The van der Waals surface area contributed by atoms with Crippen LogP contribution >= 0.6 is 0 Å². The highest BCUT2D eigenvalue weighted by molar-refractivity contribution is 4.90. The molecule has 1 rings (SSSR count). The van der Waals surface area contributed by atoms with E-state index < -0.39 is 0 Å². The lowest BCUT2D eigenvalue weighted by atomic mass is 9.92. The van der Waals surface area contributed by atoms with E-state index in [1.807, 2.05) is 0 Å². The van der Waals surface area contributed by atoms with E-state index in [9.17, 15) is 0 Å². The van der Waals surface area contributed by atoms with Gasteiger partial charge >= 0.3 is 0 Å². The summed E-state index contributed by atoms with van der Waals surface area (Å²) in [6.45, 7) is 9.45. The fraction of sp³-hybridized carbons (Fsp3) is 0.945. The number of hydrogen-bond acceptors (Lipinski definition) is 0. The fourth-order valence-electron chi connectivity index (χ4n) is 9.61. The molecule has 1 N–H and O–H groups in total. The summed E-state index contributed by atoms with van der Waals surface area (Å²) in [5.41, 5.74) is 0. The van der Waals surface area contributed by atoms with Gasteiger partial charge in [0.15, 0.2) is 0 Å². The minimum absolute atomic E-state index is 0.614. The normalized spacial score (nSPS) is 12.8. The van der Waals surface area contributed by atoms with Gasteiger partial charge in [0.25, 0.3) is 5.82 Å². The Hall–Kier alpha value is -0.790. The van der Waals surface area contributed by atoms with Gasteiger partial charge in [-0.3, -0.25) is 0 Å². The SMILES string of the molecule is CCCCCCCCCCCCCCCCCCCC(CCCCCCCCCCCCC)c1[nH]cc[n+]1C(C)CCCCCCCCCCCCCCCCC. The molecule has 0 saturated heterocycles. The van der Waals surface area contributed by atoms with Gasteiger partial charge in [-0.15, -0.1) is 0 Å².